The zero-order valence-corrected chi connectivity index (χ0v) is 23.2. The molecule has 210 valence electrons. The molecule has 2 bridgehead atoms. The number of esters is 1. The Hall–Kier alpha value is -4.64. The van der Waals surface area contributed by atoms with Crippen molar-refractivity contribution in [3.8, 4) is 0 Å². The largest absolute Gasteiger partial charge is 0.457 e. The first kappa shape index (κ1) is 27.9. The lowest BCUT2D eigenvalue weighted by Crippen LogP contribution is -2.31. The summed E-state index contributed by atoms with van der Waals surface area (Å²) in [6, 6.07) is 11.0. The second kappa shape index (κ2) is 11.8. The summed E-state index contributed by atoms with van der Waals surface area (Å²) >= 11 is 1.36. The van der Waals surface area contributed by atoms with Gasteiger partial charge in [0.15, 0.2) is 0 Å². The highest BCUT2D eigenvalue weighted by Gasteiger charge is 2.41. The van der Waals surface area contributed by atoms with Crippen molar-refractivity contribution in [2.24, 2.45) is 5.10 Å². The van der Waals surface area contributed by atoms with Crippen LogP contribution < -0.4 is 10.7 Å². The lowest BCUT2D eigenvalue weighted by atomic mass is 9.88. The normalized spacial score (nSPS) is 19.3. The Labute approximate surface area is 239 Å². The third-order valence-electron chi connectivity index (χ3n) is 7.04. The van der Waals surface area contributed by atoms with Crippen LogP contribution in [0.25, 0.3) is 0 Å². The molecule has 0 fully saturated rings. The van der Waals surface area contributed by atoms with Gasteiger partial charge in [0.1, 0.15) is 18.4 Å². The molecule has 4 aliphatic rings. The van der Waals surface area contributed by atoms with Gasteiger partial charge in [-0.25, -0.2) is 14.6 Å². The Bertz CT molecular complexity index is 1600. The van der Waals surface area contributed by atoms with E-state index in [1.807, 2.05) is 41.8 Å². The fourth-order valence-electron chi connectivity index (χ4n) is 4.99. The molecule has 1 atom stereocenters. The molecular formula is C30H27FN4O5S. The van der Waals surface area contributed by atoms with Crippen LogP contribution in [0.5, 0.6) is 0 Å². The summed E-state index contributed by atoms with van der Waals surface area (Å²) in [5, 5.41) is 20.7. The minimum absolute atomic E-state index is 0.0206. The van der Waals surface area contributed by atoms with Gasteiger partial charge < -0.3 is 10.1 Å². The number of nitrogens with zero attached hydrogens (tertiary/aromatic N) is 2. The van der Waals surface area contributed by atoms with E-state index in [4.69, 9.17) is 4.74 Å². The SMILES string of the molecule is CC1=C(C(=O)OCc2ccc(C3=NNC(=O)CC3)cc2)C(c2cccs2)C([N+](=O)[O-])=C(C)N1.FC1=C2C=CC(=C1)C2. The van der Waals surface area contributed by atoms with E-state index in [9.17, 15) is 24.1 Å². The van der Waals surface area contributed by atoms with Gasteiger partial charge in [0.05, 0.1) is 21.9 Å². The second-order valence-electron chi connectivity index (χ2n) is 9.85. The van der Waals surface area contributed by atoms with E-state index in [1.54, 1.807) is 32.1 Å². The van der Waals surface area contributed by atoms with Crippen LogP contribution in [-0.2, 0) is 20.9 Å². The highest BCUT2D eigenvalue weighted by atomic mass is 32.1. The van der Waals surface area contributed by atoms with Gasteiger partial charge in [-0.05, 0) is 53.6 Å². The third kappa shape index (κ3) is 6.09. The first-order valence-corrected chi connectivity index (χ1v) is 13.8. The van der Waals surface area contributed by atoms with Gasteiger partial charge in [-0.15, -0.1) is 11.3 Å². The van der Waals surface area contributed by atoms with Crippen LogP contribution in [0.3, 0.4) is 0 Å². The summed E-state index contributed by atoms with van der Waals surface area (Å²) in [7, 11) is 0. The number of hydrazone groups is 1. The van der Waals surface area contributed by atoms with E-state index in [1.165, 1.54) is 11.3 Å². The number of thiophene rings is 1. The topological polar surface area (TPSA) is 123 Å². The van der Waals surface area contributed by atoms with E-state index in [0.717, 1.165) is 34.4 Å². The first-order chi connectivity index (χ1) is 19.7. The quantitative estimate of drug-likeness (QED) is 0.260. The molecule has 41 heavy (non-hydrogen) atoms. The lowest BCUT2D eigenvalue weighted by Gasteiger charge is -2.25. The molecule has 0 saturated heterocycles. The Morgan fingerprint density at radius 1 is 1.17 bits per heavy atom. The molecule has 1 aromatic carbocycles. The van der Waals surface area contributed by atoms with Crippen LogP contribution in [0.2, 0.25) is 0 Å². The number of benzene rings is 1. The fraction of sp³-hybridized carbons (Fsp3) is 0.233. The highest BCUT2D eigenvalue weighted by Crippen LogP contribution is 2.40. The predicted octanol–water partition coefficient (Wildman–Crippen LogP) is 5.68. The van der Waals surface area contributed by atoms with Crippen LogP contribution in [0.1, 0.15) is 55.0 Å². The van der Waals surface area contributed by atoms with E-state index in [0.29, 0.717) is 29.1 Å². The standard InChI is InChI=1S/C23H22N4O5S.C7H5F/c1-13-20(21(18-4-3-11-33-18)22(27(30)31)14(2)24-13)23(29)32-12-15-5-7-16(8-6-15)17-9-10-19(28)26-25-17;8-7-4-5-1-2-6(7)3-5/h3-8,11,21,24H,9-10,12H2,1-2H3,(H,26,28);1-2,4H,3H2. The number of dihydropyridines is 1. The van der Waals surface area contributed by atoms with E-state index >= 15 is 0 Å². The maximum atomic E-state index is 13.1. The Morgan fingerprint density at radius 2 is 1.95 bits per heavy atom. The minimum Gasteiger partial charge on any atom is -0.457 e. The molecule has 0 saturated carbocycles. The average molecular weight is 575 g/mol. The van der Waals surface area contributed by atoms with Crippen molar-refractivity contribution in [3.05, 3.63) is 126 Å². The zero-order chi connectivity index (χ0) is 29.1. The molecule has 2 aliphatic heterocycles. The van der Waals surface area contributed by atoms with Crippen molar-refractivity contribution in [2.75, 3.05) is 0 Å². The smallest absolute Gasteiger partial charge is 0.337 e. The van der Waals surface area contributed by atoms with E-state index in [2.05, 4.69) is 15.8 Å². The molecule has 9 nitrogen and oxygen atoms in total. The van der Waals surface area contributed by atoms with E-state index < -0.39 is 16.8 Å². The van der Waals surface area contributed by atoms with Gasteiger partial charge in [0.25, 0.3) is 5.70 Å². The van der Waals surface area contributed by atoms with Crippen LogP contribution in [0.15, 0.2) is 105 Å². The number of nitrogens with one attached hydrogen (secondary N) is 2. The summed E-state index contributed by atoms with van der Waals surface area (Å²) in [5.74, 6) is -1.54. The van der Waals surface area contributed by atoms with Crippen LogP contribution in [-0.4, -0.2) is 22.5 Å². The summed E-state index contributed by atoms with van der Waals surface area (Å²) < 4.78 is 17.9. The molecule has 11 heteroatoms. The molecule has 2 aromatic rings. The highest BCUT2D eigenvalue weighted by molar-refractivity contribution is 7.10. The zero-order valence-electron chi connectivity index (χ0n) is 22.4. The van der Waals surface area contributed by atoms with Crippen molar-refractivity contribution in [1.29, 1.82) is 0 Å². The molecule has 0 spiro atoms. The number of allylic oxidation sites excluding steroid dienone is 9. The van der Waals surface area contributed by atoms with Gasteiger partial charge >= 0.3 is 5.97 Å². The van der Waals surface area contributed by atoms with Gasteiger partial charge in [0.2, 0.25) is 5.91 Å². The molecule has 1 aromatic heterocycles. The molecule has 6 rings (SSSR count). The number of rotatable bonds is 6. The Balaban J connectivity index is 0.000000358. The van der Waals surface area contributed by atoms with Gasteiger partial charge in [-0.2, -0.15) is 5.10 Å². The van der Waals surface area contributed by atoms with Gasteiger partial charge in [-0.1, -0.05) is 42.5 Å². The summed E-state index contributed by atoms with van der Waals surface area (Å²) in [6.45, 7) is 3.37. The van der Waals surface area contributed by atoms with Crippen LogP contribution in [0.4, 0.5) is 4.39 Å². The number of amides is 1. The number of ether oxygens (including phenoxy) is 1. The van der Waals surface area contributed by atoms with Crippen molar-refractivity contribution < 1.29 is 23.6 Å². The number of halogens is 1. The minimum atomic E-state index is -0.796. The maximum Gasteiger partial charge on any atom is 0.337 e. The molecule has 2 N–H and O–H groups in total. The van der Waals surface area contributed by atoms with Crippen molar-refractivity contribution in [2.45, 2.75) is 45.6 Å². The average Bonchev–Trinajstić information content (AvgIpc) is 3.72. The number of hydrogen-bond acceptors (Lipinski definition) is 8. The van der Waals surface area contributed by atoms with Crippen LogP contribution >= 0.6 is 11.3 Å². The molecule has 2 aliphatic carbocycles. The monoisotopic (exact) mass is 574 g/mol. The van der Waals surface area contributed by atoms with Crippen molar-refractivity contribution >= 4 is 28.9 Å². The molecule has 3 heterocycles. The first-order valence-electron chi connectivity index (χ1n) is 13.0. The van der Waals surface area contributed by atoms with Gasteiger partial charge in [-0.3, -0.25) is 14.9 Å². The predicted molar refractivity (Wildman–Crippen MR) is 153 cm³/mol. The van der Waals surface area contributed by atoms with Crippen molar-refractivity contribution in [1.82, 2.24) is 10.7 Å². The molecule has 1 amide bonds. The van der Waals surface area contributed by atoms with Crippen LogP contribution in [0, 0.1) is 10.1 Å². The number of carbonyl (C=O) groups is 2. The second-order valence-corrected chi connectivity index (χ2v) is 10.8. The summed E-state index contributed by atoms with van der Waals surface area (Å²) in [6.07, 6.45) is 7.17. The Kier molecular flexibility index (Phi) is 8.06. The number of hydrogen-bond donors (Lipinski definition) is 2. The lowest BCUT2D eigenvalue weighted by molar-refractivity contribution is -0.430. The number of nitro groups is 1. The fourth-order valence-corrected chi connectivity index (χ4v) is 5.83. The number of fused-ring (bicyclic) bond motifs is 2. The summed E-state index contributed by atoms with van der Waals surface area (Å²) in [4.78, 5) is 36.4. The maximum absolute atomic E-state index is 13.1. The molecular weight excluding hydrogens is 547 g/mol. The third-order valence-corrected chi connectivity index (χ3v) is 7.98. The van der Waals surface area contributed by atoms with Gasteiger partial charge in [0, 0.05) is 29.8 Å². The van der Waals surface area contributed by atoms with E-state index in [-0.39, 0.29) is 29.6 Å². The Morgan fingerprint density at radius 3 is 2.49 bits per heavy atom. The molecule has 1 unspecified atom stereocenters. The number of carbonyl (C=O) groups excluding carboxylic acids is 2. The van der Waals surface area contributed by atoms with Crippen molar-refractivity contribution in [3.63, 3.8) is 0 Å². The summed E-state index contributed by atoms with van der Waals surface area (Å²) in [5.41, 5.74) is 8.00. The molecule has 0 radical (unpaired) electrons.